The van der Waals surface area contributed by atoms with Crippen LogP contribution in [0.5, 0.6) is 5.75 Å². The van der Waals surface area contributed by atoms with E-state index in [4.69, 9.17) is 0 Å². The van der Waals surface area contributed by atoms with Crippen LogP contribution in [-0.2, 0) is 0 Å². The minimum absolute atomic E-state index is 0.130. The Morgan fingerprint density at radius 1 is 1.24 bits per heavy atom. The van der Waals surface area contributed by atoms with Crippen LogP contribution in [-0.4, -0.2) is 27.8 Å². The van der Waals surface area contributed by atoms with Gasteiger partial charge in [0.15, 0.2) is 5.69 Å². The molecule has 5 heteroatoms. The van der Waals surface area contributed by atoms with Crippen molar-refractivity contribution in [1.29, 1.82) is 0 Å². The van der Waals surface area contributed by atoms with Gasteiger partial charge in [-0.25, -0.2) is 0 Å². The van der Waals surface area contributed by atoms with Gasteiger partial charge in [-0.2, -0.15) is 5.10 Å². The van der Waals surface area contributed by atoms with Gasteiger partial charge in [0, 0.05) is 23.7 Å². The Kier molecular flexibility index (Phi) is 3.31. The van der Waals surface area contributed by atoms with Crippen LogP contribution >= 0.6 is 0 Å². The number of aromatic nitrogens is 2. The summed E-state index contributed by atoms with van der Waals surface area (Å²) in [5, 5.41) is 17.4. The summed E-state index contributed by atoms with van der Waals surface area (Å²) in [5.41, 5.74) is 1.86. The number of phenols is 1. The molecule has 1 heterocycles. The fraction of sp³-hybridized carbons (Fsp3) is 0.125. The average molecular weight is 281 g/mol. The number of hydrogen-bond donors (Lipinski definition) is 2. The molecule has 0 fully saturated rings. The molecule has 0 saturated heterocycles. The molecule has 0 aliphatic carbocycles. The number of carbonyl (C=O) groups is 1. The maximum atomic E-state index is 12.7. The smallest absolute Gasteiger partial charge is 0.279 e. The molecule has 1 amide bonds. The standard InChI is InChI=1S/C16H15N3O2/c1-2-19(11-6-5-7-12(20)10-11)16(21)15-13-8-3-4-9-14(13)17-18-15/h3-10,20H,2H2,1H3,(H,17,18). The number of nitrogens with one attached hydrogen (secondary N) is 1. The quantitative estimate of drug-likeness (QED) is 0.775. The van der Waals surface area contributed by atoms with Crippen molar-refractivity contribution in [2.45, 2.75) is 6.92 Å². The highest BCUT2D eigenvalue weighted by molar-refractivity contribution is 6.12. The summed E-state index contributed by atoms with van der Waals surface area (Å²) >= 11 is 0. The lowest BCUT2D eigenvalue weighted by molar-refractivity contribution is 0.0985. The van der Waals surface area contributed by atoms with Crippen molar-refractivity contribution in [1.82, 2.24) is 10.2 Å². The fourth-order valence-electron chi connectivity index (χ4n) is 2.36. The Bertz CT molecular complexity index is 795. The second-order valence-corrected chi connectivity index (χ2v) is 4.69. The molecule has 5 nitrogen and oxygen atoms in total. The van der Waals surface area contributed by atoms with E-state index >= 15 is 0 Å². The number of rotatable bonds is 3. The topological polar surface area (TPSA) is 69.2 Å². The molecule has 2 N–H and O–H groups in total. The van der Waals surface area contributed by atoms with Gasteiger partial charge in [-0.3, -0.25) is 9.89 Å². The van der Waals surface area contributed by atoms with E-state index in [1.54, 1.807) is 29.2 Å². The molecule has 3 rings (SSSR count). The lowest BCUT2D eigenvalue weighted by atomic mass is 10.2. The highest BCUT2D eigenvalue weighted by atomic mass is 16.3. The van der Waals surface area contributed by atoms with Crippen LogP contribution in [0.4, 0.5) is 5.69 Å². The number of hydrogen-bond acceptors (Lipinski definition) is 3. The first-order valence-corrected chi connectivity index (χ1v) is 6.74. The first-order chi connectivity index (χ1) is 10.2. The summed E-state index contributed by atoms with van der Waals surface area (Å²) in [6, 6.07) is 14.1. The van der Waals surface area contributed by atoms with E-state index in [0.717, 1.165) is 10.9 Å². The molecule has 0 spiro atoms. The second kappa shape index (κ2) is 5.28. The van der Waals surface area contributed by atoms with Crippen LogP contribution in [0.15, 0.2) is 48.5 Å². The van der Waals surface area contributed by atoms with Gasteiger partial charge in [-0.05, 0) is 25.1 Å². The predicted molar refractivity (Wildman–Crippen MR) is 81.6 cm³/mol. The van der Waals surface area contributed by atoms with Gasteiger partial charge in [0.2, 0.25) is 0 Å². The lowest BCUT2D eigenvalue weighted by Gasteiger charge is -2.20. The molecular weight excluding hydrogens is 266 g/mol. The second-order valence-electron chi connectivity index (χ2n) is 4.69. The Hall–Kier alpha value is -2.82. The number of benzene rings is 2. The summed E-state index contributed by atoms with van der Waals surface area (Å²) in [6.45, 7) is 2.38. The molecule has 1 aromatic heterocycles. The summed E-state index contributed by atoms with van der Waals surface area (Å²) in [5.74, 6) is -0.0637. The molecule has 0 radical (unpaired) electrons. The van der Waals surface area contributed by atoms with Gasteiger partial charge in [0.05, 0.1) is 5.52 Å². The summed E-state index contributed by atoms with van der Waals surface area (Å²) in [7, 11) is 0. The van der Waals surface area contributed by atoms with Crippen molar-refractivity contribution in [3.63, 3.8) is 0 Å². The average Bonchev–Trinajstić information content (AvgIpc) is 2.92. The maximum absolute atomic E-state index is 12.7. The van der Waals surface area contributed by atoms with Crippen molar-refractivity contribution in [3.05, 3.63) is 54.2 Å². The third-order valence-corrected chi connectivity index (χ3v) is 3.38. The number of amides is 1. The highest BCUT2D eigenvalue weighted by Gasteiger charge is 2.21. The number of aromatic hydroxyl groups is 1. The summed E-state index contributed by atoms with van der Waals surface area (Å²) in [4.78, 5) is 14.3. The highest BCUT2D eigenvalue weighted by Crippen LogP contribution is 2.23. The molecule has 0 aliphatic heterocycles. The Morgan fingerprint density at radius 3 is 2.81 bits per heavy atom. The van der Waals surface area contributed by atoms with Crippen LogP contribution in [0.2, 0.25) is 0 Å². The van der Waals surface area contributed by atoms with Crippen LogP contribution in [0.3, 0.4) is 0 Å². The SMILES string of the molecule is CCN(C(=O)c1n[nH]c2ccccc12)c1cccc(O)c1. The largest absolute Gasteiger partial charge is 0.508 e. The van der Waals surface area contributed by atoms with Gasteiger partial charge in [-0.15, -0.1) is 0 Å². The number of aromatic amines is 1. The monoisotopic (exact) mass is 281 g/mol. The van der Waals surface area contributed by atoms with Crippen LogP contribution < -0.4 is 4.90 Å². The molecular formula is C16H15N3O2. The van der Waals surface area contributed by atoms with E-state index in [-0.39, 0.29) is 11.7 Å². The van der Waals surface area contributed by atoms with Gasteiger partial charge < -0.3 is 10.0 Å². The Labute approximate surface area is 121 Å². The van der Waals surface area contributed by atoms with Crippen molar-refractivity contribution in [2.24, 2.45) is 0 Å². The zero-order chi connectivity index (χ0) is 14.8. The molecule has 0 atom stereocenters. The minimum Gasteiger partial charge on any atom is -0.508 e. The molecule has 0 unspecified atom stereocenters. The van der Waals surface area contributed by atoms with Crippen LogP contribution in [0.1, 0.15) is 17.4 Å². The molecule has 0 saturated carbocycles. The third-order valence-electron chi connectivity index (χ3n) is 3.38. The normalized spacial score (nSPS) is 10.7. The predicted octanol–water partition coefficient (Wildman–Crippen LogP) is 2.94. The van der Waals surface area contributed by atoms with Gasteiger partial charge >= 0.3 is 0 Å². The van der Waals surface area contributed by atoms with E-state index in [1.165, 1.54) is 0 Å². The van der Waals surface area contributed by atoms with Crippen molar-refractivity contribution in [2.75, 3.05) is 11.4 Å². The van der Waals surface area contributed by atoms with Gasteiger partial charge in [0.1, 0.15) is 5.75 Å². The first kappa shape index (κ1) is 13.2. The van der Waals surface area contributed by atoms with E-state index < -0.39 is 0 Å². The molecule has 0 bridgehead atoms. The maximum Gasteiger partial charge on any atom is 0.279 e. The summed E-state index contributed by atoms with van der Waals surface area (Å²) < 4.78 is 0. The fourth-order valence-corrected chi connectivity index (χ4v) is 2.36. The van der Waals surface area contributed by atoms with E-state index in [1.807, 2.05) is 31.2 Å². The number of nitrogens with zero attached hydrogens (tertiary/aromatic N) is 2. The van der Waals surface area contributed by atoms with Crippen LogP contribution in [0.25, 0.3) is 10.9 Å². The zero-order valence-corrected chi connectivity index (χ0v) is 11.6. The van der Waals surface area contributed by atoms with E-state index in [2.05, 4.69) is 10.2 Å². The third kappa shape index (κ3) is 2.33. The number of fused-ring (bicyclic) bond motifs is 1. The molecule has 106 valence electrons. The van der Waals surface area contributed by atoms with Gasteiger partial charge in [-0.1, -0.05) is 24.3 Å². The molecule has 21 heavy (non-hydrogen) atoms. The van der Waals surface area contributed by atoms with E-state index in [0.29, 0.717) is 17.9 Å². The number of H-pyrrole nitrogens is 1. The Balaban J connectivity index is 2.03. The first-order valence-electron chi connectivity index (χ1n) is 6.74. The number of carbonyl (C=O) groups excluding carboxylic acids is 1. The number of para-hydroxylation sites is 1. The van der Waals surface area contributed by atoms with Crippen molar-refractivity contribution >= 4 is 22.5 Å². The zero-order valence-electron chi connectivity index (χ0n) is 11.6. The molecule has 0 aliphatic rings. The van der Waals surface area contributed by atoms with Crippen LogP contribution in [0, 0.1) is 0 Å². The number of anilines is 1. The van der Waals surface area contributed by atoms with Gasteiger partial charge in [0.25, 0.3) is 5.91 Å². The molecule has 2 aromatic carbocycles. The number of phenolic OH excluding ortho intramolecular Hbond substituents is 1. The van der Waals surface area contributed by atoms with E-state index in [9.17, 15) is 9.90 Å². The van der Waals surface area contributed by atoms with Crippen molar-refractivity contribution < 1.29 is 9.90 Å². The lowest BCUT2D eigenvalue weighted by Crippen LogP contribution is -2.31. The Morgan fingerprint density at radius 2 is 2.05 bits per heavy atom. The van der Waals surface area contributed by atoms with Crippen molar-refractivity contribution in [3.8, 4) is 5.75 Å². The summed E-state index contributed by atoms with van der Waals surface area (Å²) in [6.07, 6.45) is 0. The molecule has 3 aromatic rings. The minimum atomic E-state index is -0.194.